The van der Waals surface area contributed by atoms with E-state index in [1.807, 2.05) is 0 Å². The van der Waals surface area contributed by atoms with Gasteiger partial charge in [-0.1, -0.05) is 26.0 Å². The summed E-state index contributed by atoms with van der Waals surface area (Å²) in [5.41, 5.74) is 1.09. The van der Waals surface area contributed by atoms with Crippen molar-refractivity contribution in [2.24, 2.45) is 5.92 Å². The Labute approximate surface area is 275 Å². The van der Waals surface area contributed by atoms with Crippen LogP contribution in [0.5, 0.6) is 5.75 Å². The molecule has 0 fully saturated rings. The highest BCUT2D eigenvalue weighted by Crippen LogP contribution is 2.21. The Kier molecular flexibility index (Phi) is 12.4. The molecule has 256 valence electrons. The van der Waals surface area contributed by atoms with E-state index in [0.29, 0.717) is 16.5 Å². The van der Waals surface area contributed by atoms with Crippen LogP contribution in [-0.4, -0.2) is 69.9 Å². The van der Waals surface area contributed by atoms with Crippen LogP contribution in [0.25, 0.3) is 11.0 Å². The molecule has 0 aliphatic heterocycles. The molecule has 5 amide bonds. The quantitative estimate of drug-likeness (QED) is 0.121. The third kappa shape index (κ3) is 10.4. The Bertz CT molecular complexity index is 1750. The van der Waals surface area contributed by atoms with Gasteiger partial charge in [0.05, 0.1) is 6.42 Å². The first-order valence-corrected chi connectivity index (χ1v) is 15.1. The number of amides is 5. The molecule has 0 aliphatic carbocycles. The molecular formula is C33H39N5O10. The lowest BCUT2D eigenvalue weighted by Crippen LogP contribution is -2.58. The molecule has 7 N–H and O–H groups in total. The average molecular weight is 666 g/mol. The van der Waals surface area contributed by atoms with Crippen LogP contribution in [0.15, 0.2) is 57.7 Å². The number of aryl methyl sites for hydroxylation is 1. The summed E-state index contributed by atoms with van der Waals surface area (Å²) in [6.45, 7) is 7.60. The summed E-state index contributed by atoms with van der Waals surface area (Å²) >= 11 is 0. The number of aromatic hydroxyl groups is 1. The number of carbonyl (C=O) groups excluding carboxylic acids is 5. The van der Waals surface area contributed by atoms with Gasteiger partial charge in [-0.2, -0.15) is 0 Å². The van der Waals surface area contributed by atoms with E-state index < -0.39 is 77.6 Å². The van der Waals surface area contributed by atoms with E-state index in [2.05, 4.69) is 26.6 Å². The summed E-state index contributed by atoms with van der Waals surface area (Å²) in [5.74, 6) is -5.43. The summed E-state index contributed by atoms with van der Waals surface area (Å²) in [4.78, 5) is 87.7. The van der Waals surface area contributed by atoms with Gasteiger partial charge < -0.3 is 41.2 Å². The SMILES string of the molecule is CC(=O)N[C@H](Cc1ccc(O)cc1)C(=O)N[C@H](C(=O)N[C@@H](C)C(=O)N[C@@H](CC(=O)O)C(=O)Nc1ccc2c(C)cc(=O)oc2c1)C(C)C. The minimum absolute atomic E-state index is 0.0278. The molecule has 0 spiro atoms. The molecule has 3 aromatic rings. The monoisotopic (exact) mass is 665 g/mol. The highest BCUT2D eigenvalue weighted by Gasteiger charge is 2.32. The van der Waals surface area contributed by atoms with Crippen molar-refractivity contribution in [1.29, 1.82) is 0 Å². The van der Waals surface area contributed by atoms with Gasteiger partial charge in [0.1, 0.15) is 35.5 Å². The molecule has 0 saturated carbocycles. The molecule has 4 atom stereocenters. The number of hydrogen-bond acceptors (Lipinski definition) is 9. The van der Waals surface area contributed by atoms with E-state index in [1.54, 1.807) is 39.0 Å². The van der Waals surface area contributed by atoms with Crippen LogP contribution >= 0.6 is 0 Å². The van der Waals surface area contributed by atoms with Gasteiger partial charge in [0.15, 0.2) is 0 Å². The maximum Gasteiger partial charge on any atom is 0.336 e. The van der Waals surface area contributed by atoms with E-state index in [9.17, 15) is 43.8 Å². The minimum atomic E-state index is -1.55. The third-order valence-electron chi connectivity index (χ3n) is 7.30. The maximum atomic E-state index is 13.2. The molecule has 15 nitrogen and oxygen atoms in total. The zero-order valence-electron chi connectivity index (χ0n) is 27.1. The average Bonchev–Trinajstić information content (AvgIpc) is 2.99. The fourth-order valence-corrected chi connectivity index (χ4v) is 4.79. The van der Waals surface area contributed by atoms with Crippen LogP contribution < -0.4 is 32.2 Å². The van der Waals surface area contributed by atoms with Gasteiger partial charge >= 0.3 is 11.6 Å². The van der Waals surface area contributed by atoms with Crippen LogP contribution in [0.2, 0.25) is 0 Å². The molecule has 1 heterocycles. The van der Waals surface area contributed by atoms with E-state index >= 15 is 0 Å². The van der Waals surface area contributed by atoms with Gasteiger partial charge in [-0.3, -0.25) is 28.8 Å². The molecular weight excluding hydrogens is 626 g/mol. The molecule has 48 heavy (non-hydrogen) atoms. The molecule has 0 aliphatic rings. The molecule has 0 radical (unpaired) electrons. The molecule has 0 unspecified atom stereocenters. The van der Waals surface area contributed by atoms with Crippen molar-refractivity contribution in [3.05, 3.63) is 70.1 Å². The number of anilines is 1. The Balaban J connectivity index is 1.68. The van der Waals surface area contributed by atoms with Crippen LogP contribution in [0.1, 0.15) is 45.2 Å². The number of nitrogens with one attached hydrogen (secondary N) is 5. The Hall–Kier alpha value is -5.73. The molecule has 3 rings (SSSR count). The zero-order valence-corrected chi connectivity index (χ0v) is 27.1. The predicted molar refractivity (Wildman–Crippen MR) is 174 cm³/mol. The van der Waals surface area contributed by atoms with Crippen LogP contribution in [0.3, 0.4) is 0 Å². The first kappa shape index (κ1) is 36.7. The van der Waals surface area contributed by atoms with E-state index in [0.717, 1.165) is 0 Å². The van der Waals surface area contributed by atoms with E-state index in [-0.39, 0.29) is 23.4 Å². The zero-order chi connectivity index (χ0) is 35.7. The van der Waals surface area contributed by atoms with Crippen molar-refractivity contribution in [1.82, 2.24) is 21.3 Å². The first-order chi connectivity index (χ1) is 22.5. The summed E-state index contributed by atoms with van der Waals surface area (Å²) < 4.78 is 5.18. The highest BCUT2D eigenvalue weighted by molar-refractivity contribution is 6.01. The molecule has 0 bridgehead atoms. The summed E-state index contributed by atoms with van der Waals surface area (Å²) in [7, 11) is 0. The largest absolute Gasteiger partial charge is 0.508 e. The number of carboxylic acid groups (broad SMARTS) is 1. The molecule has 15 heteroatoms. The minimum Gasteiger partial charge on any atom is -0.508 e. The van der Waals surface area contributed by atoms with Crippen LogP contribution in [0, 0.1) is 12.8 Å². The van der Waals surface area contributed by atoms with Gasteiger partial charge in [0.25, 0.3) is 0 Å². The number of fused-ring (bicyclic) bond motifs is 1. The molecule has 0 saturated heterocycles. The van der Waals surface area contributed by atoms with Gasteiger partial charge in [0, 0.05) is 36.6 Å². The molecule has 1 aromatic heterocycles. The van der Waals surface area contributed by atoms with E-state index in [1.165, 1.54) is 44.2 Å². The summed E-state index contributed by atoms with van der Waals surface area (Å²) in [5, 5.41) is 32.0. The lowest BCUT2D eigenvalue weighted by Gasteiger charge is -2.27. The number of carboxylic acids is 1. The maximum absolute atomic E-state index is 13.2. The summed E-state index contributed by atoms with van der Waals surface area (Å²) in [6, 6.07) is 6.89. The van der Waals surface area contributed by atoms with Crippen molar-refractivity contribution in [2.75, 3.05) is 5.32 Å². The number of benzene rings is 2. The number of rotatable bonds is 14. The Morgan fingerprint density at radius 2 is 1.46 bits per heavy atom. The number of carbonyl (C=O) groups is 6. The normalized spacial score (nSPS) is 13.5. The van der Waals surface area contributed by atoms with Crippen molar-refractivity contribution >= 4 is 52.2 Å². The van der Waals surface area contributed by atoms with E-state index in [4.69, 9.17) is 4.42 Å². The second-order valence-corrected chi connectivity index (χ2v) is 11.7. The molecule has 2 aromatic carbocycles. The lowest BCUT2D eigenvalue weighted by atomic mass is 10.0. The predicted octanol–water partition coefficient (Wildman–Crippen LogP) is 1.10. The van der Waals surface area contributed by atoms with Crippen molar-refractivity contribution < 1.29 is 43.4 Å². The second kappa shape index (κ2) is 16.2. The smallest absolute Gasteiger partial charge is 0.336 e. The van der Waals surface area contributed by atoms with Gasteiger partial charge in [-0.25, -0.2) is 4.79 Å². The lowest BCUT2D eigenvalue weighted by molar-refractivity contribution is -0.140. The summed E-state index contributed by atoms with van der Waals surface area (Å²) in [6.07, 6.45) is -0.715. The van der Waals surface area contributed by atoms with Crippen molar-refractivity contribution in [3.8, 4) is 5.75 Å². The Morgan fingerprint density at radius 1 is 0.792 bits per heavy atom. The highest BCUT2D eigenvalue weighted by atomic mass is 16.4. The first-order valence-electron chi connectivity index (χ1n) is 15.1. The topological polar surface area (TPSA) is 233 Å². The van der Waals surface area contributed by atoms with Crippen LogP contribution in [0.4, 0.5) is 5.69 Å². The van der Waals surface area contributed by atoms with Gasteiger partial charge in [0.2, 0.25) is 29.5 Å². The third-order valence-corrected chi connectivity index (χ3v) is 7.30. The second-order valence-electron chi connectivity index (χ2n) is 11.7. The van der Waals surface area contributed by atoms with Crippen molar-refractivity contribution in [3.63, 3.8) is 0 Å². The number of aliphatic carboxylic acids is 1. The van der Waals surface area contributed by atoms with Gasteiger partial charge in [-0.05, 0) is 55.2 Å². The number of phenolic OH excluding ortho intramolecular Hbond substituents is 1. The van der Waals surface area contributed by atoms with Crippen molar-refractivity contribution in [2.45, 2.75) is 71.6 Å². The van der Waals surface area contributed by atoms with Crippen LogP contribution in [-0.2, 0) is 35.2 Å². The Morgan fingerprint density at radius 3 is 2.06 bits per heavy atom. The van der Waals surface area contributed by atoms with Gasteiger partial charge in [-0.15, -0.1) is 0 Å². The number of phenols is 1. The fourth-order valence-electron chi connectivity index (χ4n) is 4.79. The fraction of sp³-hybridized carbons (Fsp3) is 0.364. The standard InChI is InChI=1S/C33H39N5O10/c1-16(2)29(38-32(46)24(35-19(5)39)13-20-6-9-22(40)10-7-20)33(47)34-18(4)30(44)37-25(15-27(41)42)31(45)36-21-8-11-23-17(3)12-28(43)48-26(23)14-21/h6-12,14,16,18,24-25,29,40H,13,15H2,1-5H3,(H,34,47)(H,35,39)(H,36,45)(H,37,44)(H,38,46)(H,41,42)/t18-,24+,25-,29-/m0/s1. The number of hydrogen-bond donors (Lipinski definition) is 7.